The lowest BCUT2D eigenvalue weighted by molar-refractivity contribution is -0.146. The van der Waals surface area contributed by atoms with E-state index in [1.807, 2.05) is 6.92 Å². The third kappa shape index (κ3) is 9.97. The molecule has 0 radical (unpaired) electrons. The Kier molecular flexibility index (Phi) is 10.5. The molecule has 94 valence electrons. The van der Waals surface area contributed by atoms with Gasteiger partial charge in [-0.3, -0.25) is 9.59 Å². The number of halogens is 1. The molecule has 0 rings (SSSR count). The van der Waals surface area contributed by atoms with E-state index in [-0.39, 0.29) is 12.2 Å². The molecule has 0 unspecified atom stereocenters. The predicted molar refractivity (Wildman–Crippen MR) is 64.7 cm³/mol. The molecule has 0 aromatic heterocycles. The molecule has 16 heavy (non-hydrogen) atoms. The standard InChI is InChI=1S/C12H21ClO3/c1-2-7-11(14)10-12(15)16-9-6-4-3-5-8-13/h2-10H2,1H3. The van der Waals surface area contributed by atoms with E-state index >= 15 is 0 Å². The Bertz CT molecular complexity index is 204. The van der Waals surface area contributed by atoms with Crippen LogP contribution in [0.25, 0.3) is 0 Å². The molecule has 0 atom stereocenters. The Labute approximate surface area is 102 Å². The van der Waals surface area contributed by atoms with E-state index in [1.54, 1.807) is 0 Å². The molecule has 0 heterocycles. The molecule has 0 aromatic carbocycles. The second-order valence-corrected chi connectivity index (χ2v) is 4.17. The van der Waals surface area contributed by atoms with Gasteiger partial charge in [-0.25, -0.2) is 0 Å². The second kappa shape index (κ2) is 10.9. The summed E-state index contributed by atoms with van der Waals surface area (Å²) >= 11 is 5.53. The first-order valence-corrected chi connectivity index (χ1v) is 6.47. The van der Waals surface area contributed by atoms with Crippen molar-refractivity contribution in [3.63, 3.8) is 0 Å². The number of hydrogen-bond acceptors (Lipinski definition) is 3. The summed E-state index contributed by atoms with van der Waals surface area (Å²) in [5, 5.41) is 0. The average Bonchev–Trinajstić information content (AvgIpc) is 2.23. The van der Waals surface area contributed by atoms with Gasteiger partial charge in [0, 0.05) is 12.3 Å². The molecule has 0 aliphatic carbocycles. The summed E-state index contributed by atoms with van der Waals surface area (Å²) in [5.41, 5.74) is 0. The molecular weight excluding hydrogens is 228 g/mol. The Morgan fingerprint density at radius 3 is 2.44 bits per heavy atom. The number of ether oxygens (including phenoxy) is 1. The number of ketones is 1. The smallest absolute Gasteiger partial charge is 0.313 e. The van der Waals surface area contributed by atoms with E-state index in [2.05, 4.69) is 0 Å². The number of rotatable bonds is 10. The van der Waals surface area contributed by atoms with Crippen LogP contribution in [0.1, 0.15) is 51.9 Å². The van der Waals surface area contributed by atoms with Gasteiger partial charge in [0.05, 0.1) is 6.61 Å². The van der Waals surface area contributed by atoms with Crippen LogP contribution >= 0.6 is 11.6 Å². The summed E-state index contributed by atoms with van der Waals surface area (Å²) in [4.78, 5) is 22.3. The lowest BCUT2D eigenvalue weighted by Gasteiger charge is -2.03. The predicted octanol–water partition coefficient (Wildman–Crippen LogP) is 3.09. The fraction of sp³-hybridized carbons (Fsp3) is 0.833. The van der Waals surface area contributed by atoms with Crippen LogP contribution in [-0.4, -0.2) is 24.2 Å². The normalized spacial score (nSPS) is 10.1. The monoisotopic (exact) mass is 248 g/mol. The third-order valence-corrected chi connectivity index (χ3v) is 2.43. The van der Waals surface area contributed by atoms with Crippen LogP contribution in [0.3, 0.4) is 0 Å². The maximum atomic E-state index is 11.2. The van der Waals surface area contributed by atoms with Crippen LogP contribution in [0, 0.1) is 0 Å². The molecule has 0 fully saturated rings. The number of esters is 1. The van der Waals surface area contributed by atoms with Crippen molar-refractivity contribution in [3.05, 3.63) is 0 Å². The zero-order valence-electron chi connectivity index (χ0n) is 9.97. The quantitative estimate of drug-likeness (QED) is 0.258. The number of carbonyl (C=O) groups excluding carboxylic acids is 2. The van der Waals surface area contributed by atoms with E-state index in [0.29, 0.717) is 18.9 Å². The molecule has 0 spiro atoms. The van der Waals surface area contributed by atoms with Gasteiger partial charge in [-0.05, 0) is 19.3 Å². The lowest BCUT2D eigenvalue weighted by Crippen LogP contribution is -2.11. The molecule has 0 amide bonds. The Balaban J connectivity index is 3.33. The van der Waals surface area contributed by atoms with E-state index in [4.69, 9.17) is 16.3 Å². The van der Waals surface area contributed by atoms with Crippen molar-refractivity contribution < 1.29 is 14.3 Å². The SMILES string of the molecule is CCCC(=O)CC(=O)OCCCCCCCl. The number of unbranched alkanes of at least 4 members (excludes halogenated alkanes) is 3. The Hall–Kier alpha value is -0.570. The van der Waals surface area contributed by atoms with Crippen molar-refractivity contribution >= 4 is 23.4 Å². The Morgan fingerprint density at radius 1 is 1.12 bits per heavy atom. The van der Waals surface area contributed by atoms with Gasteiger partial charge in [0.15, 0.2) is 0 Å². The molecule has 0 N–H and O–H groups in total. The topological polar surface area (TPSA) is 43.4 Å². The molecule has 0 bridgehead atoms. The van der Waals surface area contributed by atoms with Gasteiger partial charge < -0.3 is 4.74 Å². The van der Waals surface area contributed by atoms with Crippen molar-refractivity contribution in [2.75, 3.05) is 12.5 Å². The van der Waals surface area contributed by atoms with Crippen molar-refractivity contribution in [3.8, 4) is 0 Å². The van der Waals surface area contributed by atoms with Crippen molar-refractivity contribution in [1.82, 2.24) is 0 Å². The van der Waals surface area contributed by atoms with Crippen molar-refractivity contribution in [2.24, 2.45) is 0 Å². The maximum absolute atomic E-state index is 11.2. The van der Waals surface area contributed by atoms with Gasteiger partial charge in [0.25, 0.3) is 0 Å². The van der Waals surface area contributed by atoms with Crippen molar-refractivity contribution in [2.45, 2.75) is 51.9 Å². The highest BCUT2D eigenvalue weighted by Crippen LogP contribution is 2.02. The summed E-state index contributed by atoms with van der Waals surface area (Å²) in [5.74, 6) is 0.260. The van der Waals surface area contributed by atoms with Gasteiger partial charge in [-0.15, -0.1) is 11.6 Å². The molecule has 0 saturated heterocycles. The molecule has 0 aliphatic rings. The summed E-state index contributed by atoms with van der Waals surface area (Å²) in [6.45, 7) is 2.33. The fourth-order valence-electron chi connectivity index (χ4n) is 1.32. The van der Waals surface area contributed by atoms with Crippen LogP contribution < -0.4 is 0 Å². The summed E-state index contributed by atoms with van der Waals surface area (Å²) in [6, 6.07) is 0. The molecule has 0 saturated carbocycles. The zero-order valence-corrected chi connectivity index (χ0v) is 10.7. The van der Waals surface area contributed by atoms with Crippen LogP contribution in [0.2, 0.25) is 0 Å². The minimum absolute atomic E-state index is 0.0327. The molecule has 4 heteroatoms. The largest absolute Gasteiger partial charge is 0.465 e. The highest BCUT2D eigenvalue weighted by Gasteiger charge is 2.09. The van der Waals surface area contributed by atoms with Crippen LogP contribution in [0.5, 0.6) is 0 Å². The number of Topliss-reactive ketones (excluding diaryl/α,β-unsaturated/α-hetero) is 1. The first-order valence-electron chi connectivity index (χ1n) is 5.94. The highest BCUT2D eigenvalue weighted by atomic mass is 35.5. The number of carbonyl (C=O) groups is 2. The Morgan fingerprint density at radius 2 is 1.81 bits per heavy atom. The van der Waals surface area contributed by atoms with Crippen LogP contribution in [0.15, 0.2) is 0 Å². The van der Waals surface area contributed by atoms with Gasteiger partial charge >= 0.3 is 5.97 Å². The van der Waals surface area contributed by atoms with Crippen molar-refractivity contribution in [1.29, 1.82) is 0 Å². The molecule has 3 nitrogen and oxygen atoms in total. The lowest BCUT2D eigenvalue weighted by atomic mass is 10.2. The summed E-state index contributed by atoms with van der Waals surface area (Å²) in [7, 11) is 0. The zero-order chi connectivity index (χ0) is 12.2. The van der Waals surface area contributed by atoms with E-state index in [0.717, 1.165) is 32.1 Å². The van der Waals surface area contributed by atoms with E-state index < -0.39 is 5.97 Å². The van der Waals surface area contributed by atoms with Crippen LogP contribution in [0.4, 0.5) is 0 Å². The minimum Gasteiger partial charge on any atom is -0.465 e. The minimum atomic E-state index is -0.393. The summed E-state index contributed by atoms with van der Waals surface area (Å²) < 4.78 is 4.95. The first kappa shape index (κ1) is 15.4. The third-order valence-electron chi connectivity index (χ3n) is 2.16. The van der Waals surface area contributed by atoms with Crippen LogP contribution in [-0.2, 0) is 14.3 Å². The van der Waals surface area contributed by atoms with Gasteiger partial charge in [0.1, 0.15) is 12.2 Å². The van der Waals surface area contributed by atoms with E-state index in [1.165, 1.54) is 0 Å². The number of hydrogen-bond donors (Lipinski definition) is 0. The van der Waals surface area contributed by atoms with Gasteiger partial charge in [0.2, 0.25) is 0 Å². The maximum Gasteiger partial charge on any atom is 0.313 e. The molecular formula is C12H21ClO3. The van der Waals surface area contributed by atoms with Gasteiger partial charge in [-0.2, -0.15) is 0 Å². The highest BCUT2D eigenvalue weighted by molar-refractivity contribution is 6.17. The fourth-order valence-corrected chi connectivity index (χ4v) is 1.50. The van der Waals surface area contributed by atoms with E-state index in [9.17, 15) is 9.59 Å². The summed E-state index contributed by atoms with van der Waals surface area (Å²) in [6.07, 6.45) is 5.11. The van der Waals surface area contributed by atoms with Gasteiger partial charge in [-0.1, -0.05) is 19.8 Å². The second-order valence-electron chi connectivity index (χ2n) is 3.79. The number of alkyl halides is 1. The first-order chi connectivity index (χ1) is 7.70. The average molecular weight is 249 g/mol. The molecule has 0 aromatic rings. The molecule has 0 aliphatic heterocycles.